The largest absolute Gasteiger partial charge is 0.317 e. The van der Waals surface area contributed by atoms with E-state index in [-0.39, 0.29) is 4.90 Å². The molecule has 2 rings (SSSR count). The normalized spacial score (nSPS) is 15.7. The molecular weight excluding hydrogens is 252 g/mol. The predicted molar refractivity (Wildman–Crippen MR) is 68.4 cm³/mol. The van der Waals surface area contributed by atoms with Gasteiger partial charge in [-0.2, -0.15) is 8.42 Å². The topological polar surface area (TPSA) is 59.0 Å². The summed E-state index contributed by atoms with van der Waals surface area (Å²) in [6, 6.07) is 6.50. The van der Waals surface area contributed by atoms with E-state index in [1.807, 2.05) is 13.8 Å². The Morgan fingerprint density at radius 2 is 1.89 bits per heavy atom. The van der Waals surface area contributed by atoms with Crippen molar-refractivity contribution >= 4 is 16.5 Å². The third kappa shape index (κ3) is 2.96. The second-order valence-electron chi connectivity index (χ2n) is 4.16. The highest BCUT2D eigenvalue weighted by Gasteiger charge is 2.20. The van der Waals surface area contributed by atoms with Crippen LogP contribution in [-0.4, -0.2) is 26.4 Å². The highest BCUT2D eigenvalue weighted by Crippen LogP contribution is 2.15. The Morgan fingerprint density at radius 3 is 2.50 bits per heavy atom. The summed E-state index contributed by atoms with van der Waals surface area (Å²) >= 11 is 0. The fraction of sp³-hybridized carbons (Fsp3) is 0.250. The summed E-state index contributed by atoms with van der Waals surface area (Å²) in [7, 11) is -3.79. The van der Waals surface area contributed by atoms with Crippen LogP contribution in [0.1, 0.15) is 12.5 Å². The molecule has 0 spiro atoms. The van der Waals surface area contributed by atoms with Crippen LogP contribution in [0.4, 0.5) is 0 Å². The van der Waals surface area contributed by atoms with Crippen LogP contribution in [0.2, 0.25) is 0 Å². The Bertz CT molecular complexity index is 588. The Kier molecular flexibility index (Phi) is 3.49. The lowest BCUT2D eigenvalue weighted by Gasteiger charge is -2.20. The molecule has 1 aromatic rings. The van der Waals surface area contributed by atoms with Crippen molar-refractivity contribution in [2.24, 2.45) is 4.99 Å². The summed E-state index contributed by atoms with van der Waals surface area (Å²) in [5.41, 5.74) is 1.92. The van der Waals surface area contributed by atoms with Crippen LogP contribution in [0.3, 0.4) is 0 Å². The molecule has 0 amide bonds. The van der Waals surface area contributed by atoms with E-state index in [1.54, 1.807) is 18.3 Å². The summed E-state index contributed by atoms with van der Waals surface area (Å²) in [4.78, 5) is 4.01. The number of hydrogen-bond donors (Lipinski definition) is 0. The molecule has 0 bridgehead atoms. The van der Waals surface area contributed by atoms with Gasteiger partial charge in [-0.05, 0) is 31.6 Å². The number of hydroxylamine groups is 2. The van der Waals surface area contributed by atoms with Gasteiger partial charge in [0.1, 0.15) is 6.34 Å². The third-order valence-corrected chi connectivity index (χ3v) is 3.64. The van der Waals surface area contributed by atoms with Crippen molar-refractivity contribution in [2.45, 2.75) is 18.7 Å². The Morgan fingerprint density at radius 1 is 1.22 bits per heavy atom. The van der Waals surface area contributed by atoms with Crippen molar-refractivity contribution in [1.29, 1.82) is 0 Å². The molecule has 6 heteroatoms. The molecule has 0 N–H and O–H groups in total. The summed E-state index contributed by atoms with van der Waals surface area (Å²) in [5.74, 6) is 0. The molecule has 0 radical (unpaired) electrons. The minimum atomic E-state index is -3.79. The van der Waals surface area contributed by atoms with Gasteiger partial charge >= 0.3 is 10.1 Å². The standard InChI is InChI=1S/C12H14N2O3S/c1-10-3-5-12(6-4-10)18(15,16)17-14-8-11(2)7-13-9-14/h3-7,9H,8H2,1-2H3. The maximum atomic E-state index is 12.0. The van der Waals surface area contributed by atoms with Crippen molar-refractivity contribution in [3.63, 3.8) is 0 Å². The molecule has 0 fully saturated rings. The maximum absolute atomic E-state index is 12.0. The molecular formula is C12H14N2O3S. The Labute approximate surface area is 106 Å². The smallest absolute Gasteiger partial charge is 0.245 e. The molecule has 0 aromatic heterocycles. The average molecular weight is 266 g/mol. The van der Waals surface area contributed by atoms with Crippen molar-refractivity contribution in [3.8, 4) is 0 Å². The molecule has 0 atom stereocenters. The van der Waals surface area contributed by atoms with Crippen LogP contribution in [-0.2, 0) is 14.4 Å². The first-order chi connectivity index (χ1) is 8.47. The molecule has 96 valence electrons. The number of nitrogens with zero attached hydrogens (tertiary/aromatic N) is 2. The second kappa shape index (κ2) is 4.91. The van der Waals surface area contributed by atoms with Crippen LogP contribution in [0, 0.1) is 6.92 Å². The van der Waals surface area contributed by atoms with Gasteiger partial charge in [0.15, 0.2) is 0 Å². The first-order valence-corrected chi connectivity index (χ1v) is 6.85. The maximum Gasteiger partial charge on any atom is 0.317 e. The molecule has 1 aliphatic heterocycles. The zero-order valence-electron chi connectivity index (χ0n) is 10.2. The van der Waals surface area contributed by atoms with Gasteiger partial charge in [-0.15, -0.1) is 4.28 Å². The second-order valence-corrected chi connectivity index (χ2v) is 5.69. The van der Waals surface area contributed by atoms with Gasteiger partial charge in [0.25, 0.3) is 0 Å². The van der Waals surface area contributed by atoms with E-state index in [0.29, 0.717) is 6.54 Å². The van der Waals surface area contributed by atoms with E-state index in [0.717, 1.165) is 11.1 Å². The van der Waals surface area contributed by atoms with E-state index in [9.17, 15) is 8.42 Å². The SMILES string of the molecule is CC1=CN=CN(OS(=O)(=O)c2ccc(C)cc2)C1. The minimum Gasteiger partial charge on any atom is -0.245 e. The first-order valence-electron chi connectivity index (χ1n) is 5.44. The van der Waals surface area contributed by atoms with Gasteiger partial charge in [-0.3, -0.25) is 0 Å². The molecule has 5 nitrogen and oxygen atoms in total. The lowest BCUT2D eigenvalue weighted by molar-refractivity contribution is 0.0421. The van der Waals surface area contributed by atoms with Crippen molar-refractivity contribution < 1.29 is 12.7 Å². The monoisotopic (exact) mass is 266 g/mol. The Hall–Kier alpha value is -1.66. The summed E-state index contributed by atoms with van der Waals surface area (Å²) in [6.45, 7) is 4.13. The Balaban J connectivity index is 2.15. The first kappa shape index (κ1) is 12.8. The number of rotatable bonds is 3. The third-order valence-electron chi connectivity index (χ3n) is 2.40. The summed E-state index contributed by atoms with van der Waals surface area (Å²) in [5, 5.41) is 1.20. The van der Waals surface area contributed by atoms with Gasteiger partial charge in [-0.25, -0.2) is 10.1 Å². The van der Waals surface area contributed by atoms with Crippen molar-refractivity contribution in [1.82, 2.24) is 5.06 Å². The fourth-order valence-corrected chi connectivity index (χ4v) is 2.38. The van der Waals surface area contributed by atoms with Crippen LogP contribution in [0.15, 0.2) is 45.9 Å². The highest BCUT2D eigenvalue weighted by molar-refractivity contribution is 7.86. The van der Waals surface area contributed by atoms with Crippen LogP contribution < -0.4 is 0 Å². The van der Waals surface area contributed by atoms with Crippen molar-refractivity contribution in [3.05, 3.63) is 41.6 Å². The van der Waals surface area contributed by atoms with E-state index in [4.69, 9.17) is 4.28 Å². The van der Waals surface area contributed by atoms with Gasteiger partial charge in [0, 0.05) is 6.20 Å². The van der Waals surface area contributed by atoms with Crippen molar-refractivity contribution in [2.75, 3.05) is 6.54 Å². The van der Waals surface area contributed by atoms with Crippen LogP contribution in [0.25, 0.3) is 0 Å². The number of aryl methyl sites for hydroxylation is 1. The number of aliphatic imine (C=N–C) groups is 1. The summed E-state index contributed by atoms with van der Waals surface area (Å²) < 4.78 is 28.9. The van der Waals surface area contributed by atoms with Gasteiger partial charge in [0.2, 0.25) is 0 Å². The lowest BCUT2D eigenvalue weighted by atomic mass is 10.2. The molecule has 0 saturated heterocycles. The van der Waals surface area contributed by atoms with Gasteiger partial charge < -0.3 is 0 Å². The minimum absolute atomic E-state index is 0.133. The number of hydrogen-bond acceptors (Lipinski definition) is 5. The highest BCUT2D eigenvalue weighted by atomic mass is 32.2. The molecule has 18 heavy (non-hydrogen) atoms. The predicted octanol–water partition coefficient (Wildman–Crippen LogP) is 1.86. The fourth-order valence-electron chi connectivity index (χ4n) is 1.48. The van der Waals surface area contributed by atoms with Gasteiger partial charge in [0.05, 0.1) is 11.4 Å². The van der Waals surface area contributed by atoms with E-state index >= 15 is 0 Å². The average Bonchev–Trinajstić information content (AvgIpc) is 2.29. The molecule has 1 aliphatic rings. The quantitative estimate of drug-likeness (QED) is 0.838. The number of benzene rings is 1. The molecule has 0 unspecified atom stereocenters. The van der Waals surface area contributed by atoms with E-state index in [1.165, 1.54) is 23.5 Å². The molecule has 0 aliphatic carbocycles. The zero-order chi connectivity index (χ0) is 13.2. The van der Waals surface area contributed by atoms with Gasteiger partial charge in [-0.1, -0.05) is 17.7 Å². The lowest BCUT2D eigenvalue weighted by Crippen LogP contribution is -2.29. The van der Waals surface area contributed by atoms with Crippen LogP contribution >= 0.6 is 0 Å². The van der Waals surface area contributed by atoms with E-state index in [2.05, 4.69) is 4.99 Å². The zero-order valence-corrected chi connectivity index (χ0v) is 11.0. The van der Waals surface area contributed by atoms with Crippen LogP contribution in [0.5, 0.6) is 0 Å². The molecule has 1 heterocycles. The van der Waals surface area contributed by atoms with E-state index < -0.39 is 10.1 Å². The molecule has 1 aromatic carbocycles. The molecule has 0 saturated carbocycles. The summed E-state index contributed by atoms with van der Waals surface area (Å²) in [6.07, 6.45) is 3.01.